The summed E-state index contributed by atoms with van der Waals surface area (Å²) in [5.41, 5.74) is 4.21. The molecular formula is C24H24N4O2. The summed E-state index contributed by atoms with van der Waals surface area (Å²) in [7, 11) is 0. The highest BCUT2D eigenvalue weighted by Gasteiger charge is 2.18. The first-order valence-electron chi connectivity index (χ1n) is 10.3. The molecule has 1 fully saturated rings. The molecule has 0 saturated carbocycles. The number of benzene rings is 2. The molecule has 3 heterocycles. The lowest BCUT2D eigenvalue weighted by Crippen LogP contribution is -2.50. The lowest BCUT2D eigenvalue weighted by atomic mass is 10.0. The van der Waals surface area contributed by atoms with Gasteiger partial charge in [-0.1, -0.05) is 48.5 Å². The molecule has 1 aliphatic rings. The molecule has 0 atom stereocenters. The highest BCUT2D eigenvalue weighted by atomic mass is 16.5. The predicted octanol–water partition coefficient (Wildman–Crippen LogP) is 4.17. The van der Waals surface area contributed by atoms with Gasteiger partial charge in [-0.05, 0) is 23.3 Å². The summed E-state index contributed by atoms with van der Waals surface area (Å²) >= 11 is 0. The molecule has 152 valence electrons. The summed E-state index contributed by atoms with van der Waals surface area (Å²) in [5, 5.41) is 7.44. The van der Waals surface area contributed by atoms with E-state index in [0.717, 1.165) is 59.2 Å². The Hall–Kier alpha value is -3.38. The van der Waals surface area contributed by atoms with Crippen LogP contribution in [0.2, 0.25) is 0 Å². The number of nitrogens with one attached hydrogen (secondary N) is 1. The second kappa shape index (κ2) is 8.16. The molecule has 6 heteroatoms. The summed E-state index contributed by atoms with van der Waals surface area (Å²) < 4.78 is 13.6. The molecule has 6 nitrogen and oxygen atoms in total. The Morgan fingerprint density at radius 2 is 1.73 bits per heavy atom. The summed E-state index contributed by atoms with van der Waals surface area (Å²) in [6, 6.07) is 18.6. The number of aromatic nitrogens is 3. The third-order valence-electron chi connectivity index (χ3n) is 5.41. The minimum atomic E-state index is 0.296. The summed E-state index contributed by atoms with van der Waals surface area (Å²) in [6.45, 7) is 4.61. The average molecular weight is 400 g/mol. The predicted molar refractivity (Wildman–Crippen MR) is 115 cm³/mol. The number of nitrogens with zero attached hydrogens (tertiary/aromatic N) is 3. The van der Waals surface area contributed by atoms with Gasteiger partial charge in [0.1, 0.15) is 23.4 Å². The van der Waals surface area contributed by atoms with Crippen LogP contribution in [0.5, 0.6) is 5.75 Å². The SMILES string of the molecule is CCc1nccn1Cc1cc(-c2ccc(-c3ccc(OC4CNC4)cc3)cc2)on1. The Kier molecular flexibility index (Phi) is 5.07. The van der Waals surface area contributed by atoms with Gasteiger partial charge < -0.3 is 19.1 Å². The number of imidazole rings is 1. The van der Waals surface area contributed by atoms with E-state index in [-0.39, 0.29) is 0 Å². The molecule has 0 bridgehead atoms. The van der Waals surface area contributed by atoms with Gasteiger partial charge >= 0.3 is 0 Å². The third kappa shape index (κ3) is 3.86. The summed E-state index contributed by atoms with van der Waals surface area (Å²) in [4.78, 5) is 4.35. The van der Waals surface area contributed by atoms with Crippen LogP contribution < -0.4 is 10.1 Å². The lowest BCUT2D eigenvalue weighted by molar-refractivity contribution is 0.142. The second-order valence-corrected chi connectivity index (χ2v) is 7.51. The van der Waals surface area contributed by atoms with Gasteiger partial charge in [-0.25, -0.2) is 4.98 Å². The Morgan fingerprint density at radius 3 is 2.40 bits per heavy atom. The van der Waals surface area contributed by atoms with E-state index in [1.54, 1.807) is 0 Å². The molecule has 1 saturated heterocycles. The Labute approximate surface area is 175 Å². The lowest BCUT2D eigenvalue weighted by Gasteiger charge is -2.27. The standard InChI is InChI=1S/C24H24N4O2/c1-2-24-26-11-12-28(24)16-20-13-23(30-27-20)19-5-3-17(4-6-19)18-7-9-21(10-8-18)29-22-14-25-15-22/h3-13,22,25H,2,14-16H2,1H3. The zero-order chi connectivity index (χ0) is 20.3. The van der Waals surface area contributed by atoms with Crippen molar-refractivity contribution in [3.05, 3.63) is 78.5 Å². The minimum Gasteiger partial charge on any atom is -0.488 e. The maximum absolute atomic E-state index is 5.88. The molecule has 0 unspecified atom stereocenters. The molecule has 4 aromatic rings. The molecule has 2 aromatic carbocycles. The van der Waals surface area contributed by atoms with Crippen LogP contribution in [-0.4, -0.2) is 33.9 Å². The highest BCUT2D eigenvalue weighted by Crippen LogP contribution is 2.27. The largest absolute Gasteiger partial charge is 0.488 e. The van der Waals surface area contributed by atoms with Gasteiger partial charge in [-0.2, -0.15) is 0 Å². The highest BCUT2D eigenvalue weighted by molar-refractivity contribution is 5.68. The van der Waals surface area contributed by atoms with Crippen LogP contribution in [0.3, 0.4) is 0 Å². The maximum Gasteiger partial charge on any atom is 0.167 e. The molecule has 2 aromatic heterocycles. The van der Waals surface area contributed by atoms with Crippen LogP contribution in [0.15, 0.2) is 71.5 Å². The number of ether oxygens (including phenoxy) is 1. The molecule has 0 radical (unpaired) electrons. The molecule has 0 aliphatic carbocycles. The van der Waals surface area contributed by atoms with Crippen molar-refractivity contribution in [3.8, 4) is 28.2 Å². The Bertz CT molecular complexity index is 1110. The molecule has 1 aliphatic heterocycles. The smallest absolute Gasteiger partial charge is 0.167 e. The van der Waals surface area contributed by atoms with E-state index in [1.807, 2.05) is 30.6 Å². The van der Waals surface area contributed by atoms with Gasteiger partial charge in [-0.3, -0.25) is 0 Å². The quantitative estimate of drug-likeness (QED) is 0.504. The van der Waals surface area contributed by atoms with Crippen molar-refractivity contribution in [1.82, 2.24) is 20.0 Å². The average Bonchev–Trinajstić information content (AvgIpc) is 3.41. The van der Waals surface area contributed by atoms with Crippen molar-refractivity contribution in [3.63, 3.8) is 0 Å². The Balaban J connectivity index is 1.27. The van der Waals surface area contributed by atoms with Crippen LogP contribution >= 0.6 is 0 Å². The van der Waals surface area contributed by atoms with E-state index >= 15 is 0 Å². The van der Waals surface area contributed by atoms with E-state index in [0.29, 0.717) is 12.6 Å². The number of hydrogen-bond donors (Lipinski definition) is 1. The molecule has 0 amide bonds. The third-order valence-corrected chi connectivity index (χ3v) is 5.41. The van der Waals surface area contributed by atoms with Crippen LogP contribution in [0.25, 0.3) is 22.5 Å². The van der Waals surface area contributed by atoms with Gasteiger partial charge in [0.25, 0.3) is 0 Å². The van der Waals surface area contributed by atoms with Crippen LogP contribution in [0.4, 0.5) is 0 Å². The zero-order valence-corrected chi connectivity index (χ0v) is 16.9. The molecule has 5 rings (SSSR count). The van der Waals surface area contributed by atoms with Gasteiger partial charge in [0.05, 0.1) is 6.54 Å². The maximum atomic E-state index is 5.88. The van der Waals surface area contributed by atoms with E-state index in [4.69, 9.17) is 9.26 Å². The fourth-order valence-corrected chi connectivity index (χ4v) is 3.59. The van der Waals surface area contributed by atoms with Crippen LogP contribution in [0, 0.1) is 0 Å². The first kappa shape index (κ1) is 18.6. The minimum absolute atomic E-state index is 0.296. The van der Waals surface area contributed by atoms with Crippen LogP contribution in [-0.2, 0) is 13.0 Å². The van der Waals surface area contributed by atoms with E-state index in [1.165, 1.54) is 0 Å². The summed E-state index contributed by atoms with van der Waals surface area (Å²) in [5.74, 6) is 2.73. The first-order chi connectivity index (χ1) is 14.8. The summed E-state index contributed by atoms with van der Waals surface area (Å²) in [6.07, 6.45) is 4.98. The van der Waals surface area contributed by atoms with E-state index in [9.17, 15) is 0 Å². The van der Waals surface area contributed by atoms with Crippen molar-refractivity contribution in [2.24, 2.45) is 0 Å². The topological polar surface area (TPSA) is 65.1 Å². The fraction of sp³-hybridized carbons (Fsp3) is 0.250. The van der Waals surface area contributed by atoms with Gasteiger partial charge in [0.2, 0.25) is 0 Å². The molecule has 1 N–H and O–H groups in total. The number of rotatable bonds is 7. The molecule has 0 spiro atoms. The zero-order valence-electron chi connectivity index (χ0n) is 16.9. The van der Waals surface area contributed by atoms with E-state index < -0.39 is 0 Å². The first-order valence-corrected chi connectivity index (χ1v) is 10.3. The van der Waals surface area contributed by atoms with Crippen molar-refractivity contribution in [2.45, 2.75) is 26.0 Å². The fourth-order valence-electron chi connectivity index (χ4n) is 3.59. The van der Waals surface area contributed by atoms with Gasteiger partial charge in [-0.15, -0.1) is 0 Å². The van der Waals surface area contributed by atoms with Crippen molar-refractivity contribution < 1.29 is 9.26 Å². The second-order valence-electron chi connectivity index (χ2n) is 7.51. The monoisotopic (exact) mass is 400 g/mol. The number of hydrogen-bond acceptors (Lipinski definition) is 5. The van der Waals surface area contributed by atoms with Gasteiger partial charge in [0, 0.05) is 43.5 Å². The van der Waals surface area contributed by atoms with Crippen molar-refractivity contribution in [1.29, 1.82) is 0 Å². The van der Waals surface area contributed by atoms with Crippen LogP contribution in [0.1, 0.15) is 18.4 Å². The van der Waals surface area contributed by atoms with Crippen molar-refractivity contribution in [2.75, 3.05) is 13.1 Å². The van der Waals surface area contributed by atoms with Crippen molar-refractivity contribution >= 4 is 0 Å². The Morgan fingerprint density at radius 1 is 1.03 bits per heavy atom. The normalized spacial score (nSPS) is 13.9. The van der Waals surface area contributed by atoms with Gasteiger partial charge in [0.15, 0.2) is 5.76 Å². The molecular weight excluding hydrogens is 376 g/mol. The number of aryl methyl sites for hydroxylation is 1. The van der Waals surface area contributed by atoms with E-state index in [2.05, 4.69) is 63.3 Å². The molecule has 30 heavy (non-hydrogen) atoms.